The first-order valence-corrected chi connectivity index (χ1v) is 26.7. The van der Waals surface area contributed by atoms with E-state index in [0.717, 1.165) is 108 Å². The third-order valence-corrected chi connectivity index (χ3v) is 15.4. The number of nitrogens with zero attached hydrogens (tertiary/aromatic N) is 5. The number of carbonyl (C=O) groups excluding carboxylic acids is 2. The van der Waals surface area contributed by atoms with E-state index in [9.17, 15) is 9.59 Å². The average Bonchev–Trinajstić information content (AvgIpc) is 4.04. The first-order valence-electron chi connectivity index (χ1n) is 25.5. The van der Waals surface area contributed by atoms with Crippen LogP contribution in [0, 0.1) is 17.8 Å². The van der Waals surface area contributed by atoms with E-state index in [0.29, 0.717) is 46.0 Å². The molecule has 2 saturated heterocycles. The number of allylic oxidation sites excluding steroid dienone is 1. The highest BCUT2D eigenvalue weighted by Gasteiger charge is 2.27. The van der Waals surface area contributed by atoms with Gasteiger partial charge in [0, 0.05) is 76.5 Å². The molecule has 2 saturated carbocycles. The Hall–Kier alpha value is -5.31. The van der Waals surface area contributed by atoms with E-state index in [1.807, 2.05) is 47.6 Å². The van der Waals surface area contributed by atoms with Crippen molar-refractivity contribution < 1.29 is 9.59 Å². The summed E-state index contributed by atoms with van der Waals surface area (Å²) in [5.41, 5.74) is 5.70. The van der Waals surface area contributed by atoms with Gasteiger partial charge in [0.25, 0.3) is 0 Å². The van der Waals surface area contributed by atoms with Crippen molar-refractivity contribution in [2.45, 2.75) is 108 Å². The summed E-state index contributed by atoms with van der Waals surface area (Å²) in [7, 11) is 0. The molecule has 10 rings (SSSR count). The highest BCUT2D eigenvalue weighted by Crippen LogP contribution is 2.36. The van der Waals surface area contributed by atoms with Gasteiger partial charge in [-0.05, 0) is 131 Å². The molecule has 1 amide bonds. The molecule has 16 heteroatoms. The van der Waals surface area contributed by atoms with Gasteiger partial charge in [-0.25, -0.2) is 19.9 Å². The number of hydrogen-bond donors (Lipinski definition) is 6. The highest BCUT2D eigenvalue weighted by atomic mass is 35.5. The van der Waals surface area contributed by atoms with Crippen molar-refractivity contribution in [1.82, 2.24) is 45.4 Å². The minimum atomic E-state index is -0.509. The summed E-state index contributed by atoms with van der Waals surface area (Å²) >= 11 is 17.7. The summed E-state index contributed by atoms with van der Waals surface area (Å²) in [5.74, 6) is 3.73. The van der Waals surface area contributed by atoms with Crippen molar-refractivity contribution in [3.8, 4) is 22.5 Å². The van der Waals surface area contributed by atoms with Gasteiger partial charge in [-0.15, -0.1) is 0 Å². The number of likely N-dealkylation sites (tertiary alicyclic amines) is 1. The second kappa shape index (κ2) is 25.9. The van der Waals surface area contributed by atoms with Crippen LogP contribution < -0.4 is 21.3 Å². The zero-order valence-electron chi connectivity index (χ0n) is 40.6. The number of piperidine rings is 2. The third kappa shape index (κ3) is 14.4. The molecule has 4 fully saturated rings. The van der Waals surface area contributed by atoms with Crippen molar-refractivity contribution in [3.05, 3.63) is 109 Å². The largest absolute Gasteiger partial charge is 0.360 e. The van der Waals surface area contributed by atoms with Crippen molar-refractivity contribution in [2.75, 3.05) is 43.4 Å². The van der Waals surface area contributed by atoms with E-state index in [1.54, 1.807) is 12.4 Å². The summed E-state index contributed by atoms with van der Waals surface area (Å²) in [6.07, 6.45) is 27.0. The van der Waals surface area contributed by atoms with Gasteiger partial charge in [0.05, 0.1) is 33.8 Å². The summed E-state index contributed by atoms with van der Waals surface area (Å²) in [6, 6.07) is 17.7. The van der Waals surface area contributed by atoms with Gasteiger partial charge in [-0.1, -0.05) is 105 Å². The zero-order chi connectivity index (χ0) is 49.5. The Morgan fingerprint density at radius 1 is 0.662 bits per heavy atom. The summed E-state index contributed by atoms with van der Waals surface area (Å²) in [5, 5.41) is 17.3. The summed E-state index contributed by atoms with van der Waals surface area (Å²) < 4.78 is 0. The zero-order valence-corrected chi connectivity index (χ0v) is 42.9. The molecule has 2 aliphatic carbocycles. The Labute approximate surface area is 432 Å². The van der Waals surface area contributed by atoms with Crippen LogP contribution in [0.3, 0.4) is 0 Å². The fourth-order valence-electron chi connectivity index (χ4n) is 10.9. The number of benzene rings is 2. The fraction of sp³-hybridized carbons (Fsp3) is 0.455. The predicted molar refractivity (Wildman–Crippen MR) is 291 cm³/mol. The molecule has 6 heterocycles. The van der Waals surface area contributed by atoms with Crippen molar-refractivity contribution in [1.29, 1.82) is 0 Å². The standard InChI is InChI=1S/C27H33ClN6O.C25H32ClN5.C3H3ClO/c1-2-25(35)34-12-10-19(11-13-34)29-15-18-6-5-7-20(14-18)32-27-31-17-23(28)26(33-27)22-16-30-24-9-4-3-8-21(22)24;26-22-16-29-25(31-24(22)21-15-28-23-7-2-1-6-20(21)23)30-19-5-3-4-18(14-19)9-8-17-10-12-27-13-11-17;1-2-3(4)5/h2-4,8-9,16-20,29-30H,1,5-7,10-15H2,(H,31,32,33);1-2,6-7,15-19,27-28H,3-5,8-14H2,(H,29,30,31);2H,1H2/t18-,20+;18-,19-;/m01./s1. The van der Waals surface area contributed by atoms with Gasteiger partial charge in [-0.3, -0.25) is 9.59 Å². The number of aromatic nitrogens is 6. The molecule has 0 radical (unpaired) electrons. The second-order valence-electron chi connectivity index (χ2n) is 19.5. The van der Waals surface area contributed by atoms with Gasteiger partial charge in [0.1, 0.15) is 0 Å². The molecule has 0 spiro atoms. The fourth-order valence-corrected chi connectivity index (χ4v) is 11.2. The van der Waals surface area contributed by atoms with Crippen LogP contribution in [-0.2, 0) is 9.59 Å². The first kappa shape index (κ1) is 52.0. The molecule has 376 valence electrons. The van der Waals surface area contributed by atoms with Crippen LogP contribution in [0.1, 0.15) is 89.9 Å². The lowest BCUT2D eigenvalue weighted by Gasteiger charge is -2.34. The van der Waals surface area contributed by atoms with Crippen molar-refractivity contribution in [2.24, 2.45) is 17.8 Å². The number of carbonyl (C=O) groups is 2. The highest BCUT2D eigenvalue weighted by molar-refractivity contribution is 6.66. The quantitative estimate of drug-likeness (QED) is 0.0456. The molecule has 4 aliphatic rings. The molecule has 71 heavy (non-hydrogen) atoms. The SMILES string of the molecule is C=CC(=O)Cl.C=CC(=O)N1CCC(NC[C@H]2CCC[C@@H](Nc3ncc(Cl)c(-c4c[nH]c5ccccc45)n3)C2)CC1.Clc1cnc(N[C@@H]2CCC[C@H](CCC3CCNCC3)C2)nc1-c1c[nH]c2ccccc12. The first-order chi connectivity index (χ1) is 34.6. The maximum atomic E-state index is 11.8. The van der Waals surface area contributed by atoms with Crippen molar-refractivity contribution in [3.63, 3.8) is 0 Å². The van der Waals surface area contributed by atoms with E-state index in [-0.39, 0.29) is 5.91 Å². The molecule has 0 unspecified atom stereocenters. The van der Waals surface area contributed by atoms with E-state index in [2.05, 4.69) is 72.6 Å². The third-order valence-electron chi connectivity index (χ3n) is 14.7. The number of aromatic amines is 2. The molecule has 4 atom stereocenters. The molecule has 6 aromatic rings. The van der Waals surface area contributed by atoms with Gasteiger partial charge >= 0.3 is 0 Å². The van der Waals surface area contributed by atoms with E-state index in [1.165, 1.54) is 83.4 Å². The van der Waals surface area contributed by atoms with E-state index < -0.39 is 5.24 Å². The number of H-pyrrole nitrogens is 2. The smallest absolute Gasteiger partial charge is 0.245 e. The van der Waals surface area contributed by atoms with Gasteiger partial charge in [0.2, 0.25) is 23.0 Å². The predicted octanol–water partition coefficient (Wildman–Crippen LogP) is 12.0. The number of anilines is 2. The molecule has 2 aromatic carbocycles. The molecular weight excluding hydrogens is 953 g/mol. The van der Waals surface area contributed by atoms with E-state index in [4.69, 9.17) is 44.8 Å². The summed E-state index contributed by atoms with van der Waals surface area (Å²) in [6.45, 7) is 11.7. The lowest BCUT2D eigenvalue weighted by atomic mass is 9.80. The van der Waals surface area contributed by atoms with Crippen LogP contribution in [0.4, 0.5) is 11.9 Å². The number of amides is 1. The van der Waals surface area contributed by atoms with Gasteiger partial charge in [0.15, 0.2) is 0 Å². The Balaban J connectivity index is 0.000000175. The maximum absolute atomic E-state index is 11.8. The van der Waals surface area contributed by atoms with E-state index >= 15 is 0 Å². The summed E-state index contributed by atoms with van der Waals surface area (Å²) in [4.78, 5) is 48.4. The minimum Gasteiger partial charge on any atom is -0.360 e. The Morgan fingerprint density at radius 3 is 1.70 bits per heavy atom. The minimum absolute atomic E-state index is 0.0434. The normalized spacial score (nSPS) is 20.8. The molecule has 13 nitrogen and oxygen atoms in total. The number of rotatable bonds is 14. The Kier molecular flexibility index (Phi) is 19.0. The Bertz CT molecular complexity index is 2710. The van der Waals surface area contributed by atoms with Gasteiger partial charge < -0.3 is 36.1 Å². The molecule has 2 aliphatic heterocycles. The lowest BCUT2D eigenvalue weighted by molar-refractivity contribution is -0.127. The van der Waals surface area contributed by atoms with Crippen LogP contribution in [0.5, 0.6) is 0 Å². The van der Waals surface area contributed by atoms with Crippen LogP contribution in [-0.4, -0.2) is 96.8 Å². The number of hydrogen-bond acceptors (Lipinski definition) is 10. The van der Waals surface area contributed by atoms with Gasteiger partial charge in [-0.2, -0.15) is 0 Å². The molecular formula is C55H68Cl3N11O2. The van der Waals surface area contributed by atoms with Crippen LogP contribution >= 0.6 is 34.8 Å². The number of halogens is 3. The van der Waals surface area contributed by atoms with Crippen LogP contribution in [0.2, 0.25) is 10.0 Å². The number of fused-ring (bicyclic) bond motifs is 2. The molecule has 0 bridgehead atoms. The molecule has 6 N–H and O–H groups in total. The topological polar surface area (TPSA) is 169 Å². The maximum Gasteiger partial charge on any atom is 0.245 e. The van der Waals surface area contributed by atoms with Crippen LogP contribution in [0.15, 0.2) is 98.6 Å². The van der Waals surface area contributed by atoms with Crippen molar-refractivity contribution >= 4 is 79.7 Å². The lowest BCUT2D eigenvalue weighted by Crippen LogP contribution is -2.46. The van der Waals surface area contributed by atoms with Crippen LogP contribution in [0.25, 0.3) is 44.3 Å². The Morgan fingerprint density at radius 2 is 1.17 bits per heavy atom. The number of para-hydroxylation sites is 2. The number of nitrogens with one attached hydrogen (secondary N) is 6. The second-order valence-corrected chi connectivity index (χ2v) is 20.7. The molecule has 4 aromatic heterocycles. The average molecular weight is 1020 g/mol. The monoisotopic (exact) mass is 1020 g/mol.